The number of benzene rings is 1. The quantitative estimate of drug-likeness (QED) is 0.848. The Morgan fingerprint density at radius 1 is 1.44 bits per heavy atom. The molecular weight excluding hydrogens is 292 g/mol. The zero-order valence-corrected chi connectivity index (χ0v) is 12.2. The van der Waals surface area contributed by atoms with Crippen LogP contribution in [-0.4, -0.2) is 19.0 Å². The van der Waals surface area contributed by atoms with Gasteiger partial charge in [-0.05, 0) is 48.9 Å². The second-order valence-electron chi connectivity index (χ2n) is 4.76. The molecule has 1 aromatic carbocycles. The first-order chi connectivity index (χ1) is 8.69. The monoisotopic (exact) mass is 310 g/mol. The maximum atomic E-state index is 11.6. The van der Waals surface area contributed by atoms with E-state index in [0.717, 1.165) is 29.0 Å². The van der Waals surface area contributed by atoms with Crippen molar-refractivity contribution in [1.29, 1.82) is 0 Å². The molecule has 3 nitrogen and oxygen atoms in total. The van der Waals surface area contributed by atoms with Gasteiger partial charge in [-0.3, -0.25) is 4.79 Å². The van der Waals surface area contributed by atoms with Crippen LogP contribution in [0.3, 0.4) is 0 Å². The molecule has 1 aliphatic rings. The van der Waals surface area contributed by atoms with Gasteiger partial charge in [0.2, 0.25) is 5.91 Å². The van der Waals surface area contributed by atoms with Crippen molar-refractivity contribution in [2.24, 2.45) is 5.92 Å². The third-order valence-electron chi connectivity index (χ3n) is 3.17. The van der Waals surface area contributed by atoms with E-state index in [1.54, 1.807) is 0 Å². The van der Waals surface area contributed by atoms with Crippen molar-refractivity contribution in [3.8, 4) is 0 Å². The van der Waals surface area contributed by atoms with Gasteiger partial charge in [0.1, 0.15) is 0 Å². The average molecular weight is 311 g/mol. The van der Waals surface area contributed by atoms with Crippen molar-refractivity contribution in [2.75, 3.05) is 18.4 Å². The second-order valence-corrected chi connectivity index (χ2v) is 5.67. The molecule has 1 fully saturated rings. The van der Waals surface area contributed by atoms with Crippen molar-refractivity contribution in [1.82, 2.24) is 5.32 Å². The van der Waals surface area contributed by atoms with Crippen LogP contribution in [0.25, 0.3) is 0 Å². The normalized spacial score (nSPS) is 14.3. The summed E-state index contributed by atoms with van der Waals surface area (Å²) in [6, 6.07) is 6.09. The SMILES string of the molecule is CCc1cc(Br)ccc1NCC(=O)NCC1CC1. The number of aryl methyl sites for hydroxylation is 1. The molecule has 1 amide bonds. The first-order valence-electron chi connectivity index (χ1n) is 6.48. The molecule has 1 aromatic rings. The summed E-state index contributed by atoms with van der Waals surface area (Å²) in [7, 11) is 0. The lowest BCUT2D eigenvalue weighted by Crippen LogP contribution is -2.31. The van der Waals surface area contributed by atoms with Crippen LogP contribution in [-0.2, 0) is 11.2 Å². The second kappa shape index (κ2) is 6.23. The Kier molecular flexibility index (Phi) is 4.64. The van der Waals surface area contributed by atoms with Crippen molar-refractivity contribution >= 4 is 27.5 Å². The standard InChI is InChI=1S/C14H19BrN2O/c1-2-11-7-12(15)5-6-13(11)16-9-14(18)17-8-10-3-4-10/h5-7,10,16H,2-4,8-9H2,1H3,(H,17,18). The maximum Gasteiger partial charge on any atom is 0.239 e. The molecule has 0 unspecified atom stereocenters. The minimum atomic E-state index is 0.0758. The van der Waals surface area contributed by atoms with Gasteiger partial charge in [-0.15, -0.1) is 0 Å². The van der Waals surface area contributed by atoms with Gasteiger partial charge in [0, 0.05) is 16.7 Å². The van der Waals surface area contributed by atoms with E-state index in [-0.39, 0.29) is 5.91 Å². The Hall–Kier alpha value is -1.03. The Labute approximate surface area is 116 Å². The summed E-state index contributed by atoms with van der Waals surface area (Å²) in [5.41, 5.74) is 2.27. The Balaban J connectivity index is 1.82. The fraction of sp³-hybridized carbons (Fsp3) is 0.500. The number of nitrogens with one attached hydrogen (secondary N) is 2. The lowest BCUT2D eigenvalue weighted by Gasteiger charge is -2.11. The first kappa shape index (κ1) is 13.4. The average Bonchev–Trinajstić information content (AvgIpc) is 3.18. The van der Waals surface area contributed by atoms with Crippen LogP contribution in [0.15, 0.2) is 22.7 Å². The minimum Gasteiger partial charge on any atom is -0.376 e. The maximum absolute atomic E-state index is 11.6. The summed E-state index contributed by atoms with van der Waals surface area (Å²) in [6.45, 7) is 3.29. The van der Waals surface area contributed by atoms with Gasteiger partial charge in [-0.1, -0.05) is 22.9 Å². The van der Waals surface area contributed by atoms with E-state index < -0.39 is 0 Å². The minimum absolute atomic E-state index is 0.0758. The van der Waals surface area contributed by atoms with Gasteiger partial charge in [-0.25, -0.2) is 0 Å². The predicted molar refractivity (Wildman–Crippen MR) is 77.7 cm³/mol. The first-order valence-corrected chi connectivity index (χ1v) is 7.27. The molecule has 0 spiro atoms. The van der Waals surface area contributed by atoms with Gasteiger partial charge < -0.3 is 10.6 Å². The highest BCUT2D eigenvalue weighted by molar-refractivity contribution is 9.10. The Bertz CT molecular complexity index is 430. The van der Waals surface area contributed by atoms with Crippen LogP contribution >= 0.6 is 15.9 Å². The van der Waals surface area contributed by atoms with E-state index in [4.69, 9.17) is 0 Å². The summed E-state index contributed by atoms with van der Waals surface area (Å²) in [6.07, 6.45) is 3.48. The number of hydrogen-bond acceptors (Lipinski definition) is 2. The van der Waals surface area contributed by atoms with Gasteiger partial charge >= 0.3 is 0 Å². The molecule has 98 valence electrons. The zero-order chi connectivity index (χ0) is 13.0. The summed E-state index contributed by atoms with van der Waals surface area (Å²) in [4.78, 5) is 11.6. The van der Waals surface area contributed by atoms with Crippen LogP contribution in [0.1, 0.15) is 25.3 Å². The van der Waals surface area contributed by atoms with E-state index in [0.29, 0.717) is 6.54 Å². The fourth-order valence-electron chi connectivity index (χ4n) is 1.85. The Morgan fingerprint density at radius 2 is 2.22 bits per heavy atom. The topological polar surface area (TPSA) is 41.1 Å². The molecular formula is C14H19BrN2O. The Morgan fingerprint density at radius 3 is 2.89 bits per heavy atom. The fourth-order valence-corrected chi connectivity index (χ4v) is 2.25. The highest BCUT2D eigenvalue weighted by Crippen LogP contribution is 2.27. The van der Waals surface area contributed by atoms with Crippen molar-refractivity contribution < 1.29 is 4.79 Å². The van der Waals surface area contributed by atoms with Crippen LogP contribution in [0.2, 0.25) is 0 Å². The summed E-state index contributed by atoms with van der Waals surface area (Å²) >= 11 is 3.46. The molecule has 2 rings (SSSR count). The number of anilines is 1. The molecule has 0 bridgehead atoms. The number of halogens is 1. The molecule has 18 heavy (non-hydrogen) atoms. The van der Waals surface area contributed by atoms with Crippen molar-refractivity contribution in [2.45, 2.75) is 26.2 Å². The summed E-state index contributed by atoms with van der Waals surface area (Å²) in [5.74, 6) is 0.805. The number of carbonyl (C=O) groups is 1. The van der Waals surface area contributed by atoms with E-state index in [1.807, 2.05) is 12.1 Å². The number of carbonyl (C=O) groups excluding carboxylic acids is 1. The molecule has 0 heterocycles. The van der Waals surface area contributed by atoms with Crippen LogP contribution in [0.4, 0.5) is 5.69 Å². The number of rotatable bonds is 6. The predicted octanol–water partition coefficient (Wildman–Crippen LogP) is 2.95. The largest absolute Gasteiger partial charge is 0.376 e. The van der Waals surface area contributed by atoms with Gasteiger partial charge in [0.05, 0.1) is 6.54 Å². The summed E-state index contributed by atoms with van der Waals surface area (Å²) < 4.78 is 1.07. The summed E-state index contributed by atoms with van der Waals surface area (Å²) in [5, 5.41) is 6.16. The van der Waals surface area contributed by atoms with E-state index >= 15 is 0 Å². The van der Waals surface area contributed by atoms with Gasteiger partial charge in [-0.2, -0.15) is 0 Å². The molecule has 0 aliphatic heterocycles. The van der Waals surface area contributed by atoms with Crippen LogP contribution < -0.4 is 10.6 Å². The highest BCUT2D eigenvalue weighted by atomic mass is 79.9. The number of hydrogen-bond donors (Lipinski definition) is 2. The molecule has 2 N–H and O–H groups in total. The van der Waals surface area contributed by atoms with E-state index in [9.17, 15) is 4.79 Å². The van der Waals surface area contributed by atoms with Gasteiger partial charge in [0.25, 0.3) is 0 Å². The molecule has 0 radical (unpaired) electrons. The molecule has 4 heteroatoms. The van der Waals surface area contributed by atoms with Crippen LogP contribution in [0, 0.1) is 5.92 Å². The lowest BCUT2D eigenvalue weighted by molar-refractivity contribution is -0.119. The molecule has 1 aliphatic carbocycles. The molecule has 0 saturated heterocycles. The van der Waals surface area contributed by atoms with Crippen molar-refractivity contribution in [3.63, 3.8) is 0 Å². The van der Waals surface area contributed by atoms with Crippen LogP contribution in [0.5, 0.6) is 0 Å². The van der Waals surface area contributed by atoms with Crippen molar-refractivity contribution in [3.05, 3.63) is 28.2 Å². The lowest BCUT2D eigenvalue weighted by atomic mass is 10.1. The van der Waals surface area contributed by atoms with E-state index in [1.165, 1.54) is 18.4 Å². The number of amides is 1. The zero-order valence-electron chi connectivity index (χ0n) is 10.6. The smallest absolute Gasteiger partial charge is 0.239 e. The third-order valence-corrected chi connectivity index (χ3v) is 3.67. The highest BCUT2D eigenvalue weighted by Gasteiger charge is 2.21. The molecule has 0 aromatic heterocycles. The van der Waals surface area contributed by atoms with E-state index in [2.05, 4.69) is 39.6 Å². The molecule has 0 atom stereocenters. The third kappa shape index (κ3) is 4.02. The molecule has 1 saturated carbocycles. The van der Waals surface area contributed by atoms with Gasteiger partial charge in [0.15, 0.2) is 0 Å².